The van der Waals surface area contributed by atoms with Crippen LogP contribution in [0.15, 0.2) is 119 Å². The number of carbonyl (C=O) groups excluding carboxylic acids is 2. The molecule has 67 heavy (non-hydrogen) atoms. The minimum atomic E-state index is -3.70. The summed E-state index contributed by atoms with van der Waals surface area (Å²) in [5.41, 5.74) is 8.85. The second kappa shape index (κ2) is 23.0. The third-order valence-electron chi connectivity index (χ3n) is 11.9. The average Bonchev–Trinajstić information content (AvgIpc) is 3.29. The Labute approximate surface area is 403 Å². The van der Waals surface area contributed by atoms with E-state index in [-0.39, 0.29) is 69.2 Å². The molecule has 2 heterocycles. The van der Waals surface area contributed by atoms with Gasteiger partial charge in [0.05, 0.1) is 32.9 Å². The fraction of sp³-hybridized carbons (Fsp3) is 0.333. The lowest BCUT2D eigenvalue weighted by molar-refractivity contribution is -0.127. The smallest absolute Gasteiger partial charge is 0.261 e. The molecule has 12 nitrogen and oxygen atoms in total. The first-order chi connectivity index (χ1) is 31.7. The molecule has 0 aliphatic heterocycles. The zero-order valence-corrected chi connectivity index (χ0v) is 40.5. The third-order valence-corrected chi connectivity index (χ3v) is 15.2. The van der Waals surface area contributed by atoms with Crippen LogP contribution in [0.4, 0.5) is 8.78 Å². The lowest BCUT2D eigenvalue weighted by Crippen LogP contribution is -2.41. The van der Waals surface area contributed by atoms with Crippen molar-refractivity contribution in [3.8, 4) is 0 Å². The molecule has 2 aliphatic carbocycles. The van der Waals surface area contributed by atoms with Crippen molar-refractivity contribution < 1.29 is 35.2 Å². The molecule has 4 aromatic carbocycles. The molecule has 2 atom stereocenters. The van der Waals surface area contributed by atoms with Crippen molar-refractivity contribution in [3.05, 3.63) is 142 Å². The van der Waals surface area contributed by atoms with Gasteiger partial charge in [-0.25, -0.2) is 40.3 Å². The standard InChI is InChI=1S/C24H25ClFN3O3S.C15H21FN2O.C9H5Cl2NO2S/c1-15(16-2-7-19(26)8-3-16)27-24(30)17-4-9-20(10-5-17)29-33(31,32)21-11-12-22-18(14-21)6-13-23(25)28-22;1-10(11-2-6-13(16)7-3-11)18-15(19)12-4-8-14(17)9-5-12;10-9-4-1-6-5-7(15(11,13)14)2-3-8(6)12-9/h2-3,6-8,11-15,17,20,29H,4-5,9-10H2,1H3,(H,27,30);2-3,6-7,10,12,14H,4-5,8-9,17H2,1H3,(H,18,19);1-5H/t15-,17?,20?;10-,12?,14?;/m11./s1. The molecule has 2 amide bonds. The summed E-state index contributed by atoms with van der Waals surface area (Å²) >= 11 is 11.6. The van der Waals surface area contributed by atoms with Crippen molar-refractivity contribution in [2.75, 3.05) is 0 Å². The minimum Gasteiger partial charge on any atom is -0.349 e. The summed E-state index contributed by atoms with van der Waals surface area (Å²) in [6.07, 6.45) is 5.91. The molecule has 2 aromatic heterocycles. The monoisotopic (exact) mass is 1010 g/mol. The number of nitrogens with zero attached hydrogens (tertiary/aromatic N) is 2. The van der Waals surface area contributed by atoms with Crippen molar-refractivity contribution in [1.29, 1.82) is 0 Å². The van der Waals surface area contributed by atoms with Gasteiger partial charge in [-0.05, 0) is 161 Å². The van der Waals surface area contributed by atoms with Crippen LogP contribution in [0.5, 0.6) is 0 Å². The van der Waals surface area contributed by atoms with Crippen LogP contribution < -0.4 is 21.1 Å². The Morgan fingerprint density at radius 3 is 1.43 bits per heavy atom. The first-order valence-electron chi connectivity index (χ1n) is 21.7. The van der Waals surface area contributed by atoms with Crippen molar-refractivity contribution in [1.82, 2.24) is 25.3 Å². The summed E-state index contributed by atoms with van der Waals surface area (Å²) in [4.78, 5) is 33.2. The predicted octanol–water partition coefficient (Wildman–Crippen LogP) is 10.1. The summed E-state index contributed by atoms with van der Waals surface area (Å²) in [6.45, 7) is 3.78. The van der Waals surface area contributed by atoms with Gasteiger partial charge in [-0.15, -0.1) is 0 Å². The Bertz CT molecular complexity index is 2900. The highest BCUT2D eigenvalue weighted by atomic mass is 35.7. The molecular formula is C48H51Cl3F2N6O6S2. The normalized spacial score (nSPS) is 19.5. The van der Waals surface area contributed by atoms with E-state index in [1.807, 2.05) is 13.8 Å². The summed E-state index contributed by atoms with van der Waals surface area (Å²) in [5.74, 6) is -0.656. The van der Waals surface area contributed by atoms with Gasteiger partial charge in [0.25, 0.3) is 9.05 Å². The number of pyridine rings is 2. The van der Waals surface area contributed by atoms with Gasteiger partial charge in [0.1, 0.15) is 21.9 Å². The average molecular weight is 1020 g/mol. The molecule has 2 fully saturated rings. The zero-order valence-electron chi connectivity index (χ0n) is 36.6. The number of hydrogen-bond donors (Lipinski definition) is 4. The van der Waals surface area contributed by atoms with E-state index in [0.29, 0.717) is 57.8 Å². The number of amides is 2. The van der Waals surface area contributed by atoms with Gasteiger partial charge < -0.3 is 16.4 Å². The third kappa shape index (κ3) is 14.8. The fourth-order valence-electron chi connectivity index (χ4n) is 7.95. The number of aromatic nitrogens is 2. The molecule has 19 heteroatoms. The summed E-state index contributed by atoms with van der Waals surface area (Å²) in [5, 5.41) is 8.07. The van der Waals surface area contributed by atoms with Gasteiger partial charge in [-0.2, -0.15) is 0 Å². The molecule has 2 saturated carbocycles. The molecule has 0 saturated heterocycles. The van der Waals surface area contributed by atoms with E-state index in [1.165, 1.54) is 42.5 Å². The van der Waals surface area contributed by atoms with Crippen LogP contribution in [0.1, 0.15) is 88.4 Å². The number of hydrogen-bond acceptors (Lipinski definition) is 9. The highest BCUT2D eigenvalue weighted by molar-refractivity contribution is 8.13. The van der Waals surface area contributed by atoms with E-state index in [1.54, 1.807) is 66.7 Å². The van der Waals surface area contributed by atoms with Crippen LogP contribution in [0.3, 0.4) is 0 Å². The van der Waals surface area contributed by atoms with Gasteiger partial charge >= 0.3 is 0 Å². The van der Waals surface area contributed by atoms with E-state index in [4.69, 9.17) is 39.6 Å². The second-order valence-corrected chi connectivity index (χ2v) is 21.8. The van der Waals surface area contributed by atoms with Crippen LogP contribution in [-0.4, -0.2) is 50.7 Å². The molecule has 8 rings (SSSR count). The number of rotatable bonds is 10. The van der Waals surface area contributed by atoms with E-state index in [9.17, 15) is 35.2 Å². The number of sulfonamides is 1. The molecule has 356 valence electrons. The van der Waals surface area contributed by atoms with Crippen molar-refractivity contribution in [3.63, 3.8) is 0 Å². The maximum Gasteiger partial charge on any atom is 0.261 e. The molecule has 0 spiro atoms. The number of benzene rings is 4. The number of nitrogens with one attached hydrogen (secondary N) is 3. The van der Waals surface area contributed by atoms with Crippen LogP contribution in [-0.2, 0) is 28.7 Å². The lowest BCUT2D eigenvalue weighted by atomic mass is 9.85. The van der Waals surface area contributed by atoms with E-state index >= 15 is 0 Å². The van der Waals surface area contributed by atoms with Crippen molar-refractivity contribution in [2.24, 2.45) is 17.6 Å². The number of nitrogens with two attached hydrogens (primary N) is 1. The van der Waals surface area contributed by atoms with E-state index in [0.717, 1.165) is 36.8 Å². The van der Waals surface area contributed by atoms with Crippen LogP contribution in [0, 0.1) is 23.5 Å². The zero-order chi connectivity index (χ0) is 48.5. The molecule has 6 aromatic rings. The van der Waals surface area contributed by atoms with Gasteiger partial charge in [-0.1, -0.05) is 47.5 Å². The maximum atomic E-state index is 13.1. The topological polar surface area (TPSA) is 190 Å². The van der Waals surface area contributed by atoms with Crippen molar-refractivity contribution in [2.45, 2.75) is 99.2 Å². The van der Waals surface area contributed by atoms with Crippen molar-refractivity contribution >= 4 is 86.6 Å². The molecule has 5 N–H and O–H groups in total. The fourth-order valence-corrected chi connectivity index (χ4v) is 10.4. The number of carbonyl (C=O) groups is 2. The predicted molar refractivity (Wildman–Crippen MR) is 258 cm³/mol. The van der Waals surface area contributed by atoms with Crippen LogP contribution >= 0.6 is 33.9 Å². The number of halogens is 5. The van der Waals surface area contributed by atoms with Gasteiger partial charge in [0, 0.05) is 45.4 Å². The summed E-state index contributed by atoms with van der Waals surface area (Å²) in [7, 11) is -2.18. The van der Waals surface area contributed by atoms with Gasteiger partial charge in [-0.3, -0.25) is 9.59 Å². The Morgan fingerprint density at radius 1 is 0.597 bits per heavy atom. The molecule has 0 radical (unpaired) electrons. The highest BCUT2D eigenvalue weighted by Gasteiger charge is 2.30. The first kappa shape index (κ1) is 51.6. The molecular weight excluding hydrogens is 965 g/mol. The summed E-state index contributed by atoms with van der Waals surface area (Å²) in [6, 6.07) is 27.8. The maximum absolute atomic E-state index is 13.1. The van der Waals surface area contributed by atoms with Crippen LogP contribution in [0.2, 0.25) is 10.3 Å². The Hall–Kier alpha value is -4.81. The minimum absolute atomic E-state index is 0.0563. The van der Waals surface area contributed by atoms with E-state index < -0.39 is 19.1 Å². The van der Waals surface area contributed by atoms with Gasteiger partial charge in [0.2, 0.25) is 21.8 Å². The molecule has 0 bridgehead atoms. The summed E-state index contributed by atoms with van der Waals surface area (Å²) < 4.78 is 76.6. The molecule has 0 unspecified atom stereocenters. The first-order valence-corrected chi connectivity index (χ1v) is 26.3. The highest BCUT2D eigenvalue weighted by Crippen LogP contribution is 2.29. The Balaban J connectivity index is 0.000000183. The molecule has 2 aliphatic rings. The Kier molecular flexibility index (Phi) is 17.7. The largest absolute Gasteiger partial charge is 0.349 e. The number of fused-ring (bicyclic) bond motifs is 2. The lowest BCUT2D eigenvalue weighted by Gasteiger charge is -2.29. The second-order valence-electron chi connectivity index (χ2n) is 16.8. The quantitative estimate of drug-likeness (QED) is 0.0764. The van der Waals surface area contributed by atoms with E-state index in [2.05, 4.69) is 25.3 Å². The van der Waals surface area contributed by atoms with Crippen LogP contribution in [0.25, 0.3) is 21.8 Å². The van der Waals surface area contributed by atoms with Gasteiger partial charge in [0.15, 0.2) is 0 Å². The Morgan fingerprint density at radius 2 is 1.00 bits per heavy atom. The SMILES string of the molecule is C[C@@H](NC(=O)C1CCC(N)CC1)c1ccc(F)cc1.C[C@@H](NC(=O)C1CCC(NS(=O)(=O)c2ccc3nc(Cl)ccc3c2)CC1)c1ccc(F)cc1.O=S(=O)(Cl)c1ccc2nc(Cl)ccc2c1.